The van der Waals surface area contributed by atoms with Crippen LogP contribution in [0.5, 0.6) is 0 Å². The molecular formula is C15H20N2O2S2. The third-order valence-electron chi connectivity index (χ3n) is 3.41. The molecule has 2 rings (SSSR count). The molecule has 4 nitrogen and oxygen atoms in total. The molecule has 6 heteroatoms. The third kappa shape index (κ3) is 3.91. The highest BCUT2D eigenvalue weighted by Crippen LogP contribution is 2.17. The molecular weight excluding hydrogens is 304 g/mol. The Morgan fingerprint density at radius 3 is 2.43 bits per heavy atom. The van der Waals surface area contributed by atoms with Crippen LogP contribution in [-0.4, -0.2) is 15.5 Å². The molecule has 0 bridgehead atoms. The maximum atomic E-state index is 12.4. The lowest BCUT2D eigenvalue weighted by Crippen LogP contribution is -2.23. The Kier molecular flexibility index (Phi) is 5.16. The summed E-state index contributed by atoms with van der Waals surface area (Å²) in [6, 6.07) is 5.23. The average Bonchev–Trinajstić information content (AvgIpc) is 2.85. The molecule has 0 saturated carbocycles. The van der Waals surface area contributed by atoms with Gasteiger partial charge in [-0.05, 0) is 66.0 Å². The fourth-order valence-corrected chi connectivity index (χ4v) is 3.93. The first-order valence-electron chi connectivity index (χ1n) is 6.69. The van der Waals surface area contributed by atoms with E-state index < -0.39 is 10.0 Å². The van der Waals surface area contributed by atoms with Crippen LogP contribution >= 0.6 is 11.3 Å². The van der Waals surface area contributed by atoms with E-state index in [4.69, 9.17) is 0 Å². The van der Waals surface area contributed by atoms with Gasteiger partial charge in [-0.3, -0.25) is 0 Å². The van der Waals surface area contributed by atoms with E-state index in [0.717, 1.165) is 22.3 Å². The topological polar surface area (TPSA) is 58.2 Å². The van der Waals surface area contributed by atoms with Crippen molar-refractivity contribution >= 4 is 21.4 Å². The second-order valence-electron chi connectivity index (χ2n) is 5.02. The summed E-state index contributed by atoms with van der Waals surface area (Å²) in [7, 11) is -1.64. The van der Waals surface area contributed by atoms with Gasteiger partial charge < -0.3 is 5.32 Å². The average molecular weight is 324 g/mol. The van der Waals surface area contributed by atoms with E-state index in [9.17, 15) is 8.42 Å². The van der Waals surface area contributed by atoms with Crippen molar-refractivity contribution in [3.8, 4) is 0 Å². The first-order valence-corrected chi connectivity index (χ1v) is 9.12. The quantitative estimate of drug-likeness (QED) is 0.858. The van der Waals surface area contributed by atoms with Crippen molar-refractivity contribution in [3.05, 3.63) is 51.2 Å². The molecule has 0 fully saturated rings. The highest BCUT2D eigenvalue weighted by Gasteiger charge is 2.15. The van der Waals surface area contributed by atoms with Crippen LogP contribution < -0.4 is 10.0 Å². The Morgan fingerprint density at radius 2 is 1.81 bits per heavy atom. The van der Waals surface area contributed by atoms with Crippen LogP contribution in [0.4, 0.5) is 0 Å². The molecule has 0 aliphatic carbocycles. The molecule has 114 valence electrons. The van der Waals surface area contributed by atoms with E-state index in [0.29, 0.717) is 18.0 Å². The van der Waals surface area contributed by atoms with Crippen LogP contribution in [0.3, 0.4) is 0 Å². The van der Waals surface area contributed by atoms with E-state index in [1.807, 2.05) is 37.7 Å². The molecule has 2 N–H and O–H groups in total. The van der Waals surface area contributed by atoms with Crippen LogP contribution in [0.1, 0.15) is 22.3 Å². The van der Waals surface area contributed by atoms with Crippen LogP contribution in [0.2, 0.25) is 0 Å². The molecule has 0 spiro atoms. The zero-order valence-corrected chi connectivity index (χ0v) is 14.1. The van der Waals surface area contributed by atoms with Crippen molar-refractivity contribution < 1.29 is 8.42 Å². The fraction of sp³-hybridized carbons (Fsp3) is 0.333. The van der Waals surface area contributed by atoms with Gasteiger partial charge >= 0.3 is 0 Å². The number of aryl methyl sites for hydroxylation is 2. The summed E-state index contributed by atoms with van der Waals surface area (Å²) < 4.78 is 27.4. The van der Waals surface area contributed by atoms with Gasteiger partial charge in [0.05, 0.1) is 4.90 Å². The third-order valence-corrected chi connectivity index (χ3v) is 5.72. The summed E-state index contributed by atoms with van der Waals surface area (Å²) in [5.74, 6) is 0. The van der Waals surface area contributed by atoms with Crippen molar-refractivity contribution in [1.82, 2.24) is 10.0 Å². The van der Waals surface area contributed by atoms with Gasteiger partial charge in [0.15, 0.2) is 0 Å². The van der Waals surface area contributed by atoms with Gasteiger partial charge in [0.1, 0.15) is 0 Å². The van der Waals surface area contributed by atoms with Crippen molar-refractivity contribution in [2.45, 2.75) is 31.8 Å². The van der Waals surface area contributed by atoms with Crippen molar-refractivity contribution in [2.24, 2.45) is 0 Å². The van der Waals surface area contributed by atoms with Crippen molar-refractivity contribution in [3.63, 3.8) is 0 Å². The predicted molar refractivity (Wildman–Crippen MR) is 87.0 cm³/mol. The Bertz CT molecular complexity index is 721. The van der Waals surface area contributed by atoms with E-state index in [2.05, 4.69) is 10.0 Å². The summed E-state index contributed by atoms with van der Waals surface area (Å²) in [4.78, 5) is 0.311. The number of thiophene rings is 1. The lowest BCUT2D eigenvalue weighted by molar-refractivity contribution is 0.581. The number of rotatable bonds is 6. The molecule has 1 heterocycles. The second kappa shape index (κ2) is 6.70. The number of hydrogen-bond acceptors (Lipinski definition) is 4. The van der Waals surface area contributed by atoms with Crippen molar-refractivity contribution in [2.75, 3.05) is 7.05 Å². The zero-order valence-electron chi connectivity index (χ0n) is 12.4. The monoisotopic (exact) mass is 324 g/mol. The molecule has 0 atom stereocenters. The van der Waals surface area contributed by atoms with E-state index >= 15 is 0 Å². The Hall–Kier alpha value is -1.21. The molecule has 0 aliphatic heterocycles. The Balaban J connectivity index is 2.19. The lowest BCUT2D eigenvalue weighted by Gasteiger charge is -2.10. The number of nitrogens with one attached hydrogen (secondary N) is 2. The SMILES string of the molecule is CNCc1cc(S(=O)(=O)NCc2cscc2C)ccc1C. The van der Waals surface area contributed by atoms with Crippen LogP contribution in [-0.2, 0) is 23.1 Å². The zero-order chi connectivity index (χ0) is 15.5. The van der Waals surface area contributed by atoms with E-state index in [-0.39, 0.29) is 0 Å². The van der Waals surface area contributed by atoms with Gasteiger partial charge in [0.25, 0.3) is 0 Å². The maximum Gasteiger partial charge on any atom is 0.240 e. The van der Waals surface area contributed by atoms with Gasteiger partial charge in [-0.15, -0.1) is 0 Å². The summed E-state index contributed by atoms with van der Waals surface area (Å²) >= 11 is 1.58. The van der Waals surface area contributed by atoms with E-state index in [1.165, 1.54) is 0 Å². The summed E-state index contributed by atoms with van der Waals surface area (Å²) in [5, 5.41) is 7.04. The van der Waals surface area contributed by atoms with Gasteiger partial charge in [-0.1, -0.05) is 6.07 Å². The van der Waals surface area contributed by atoms with Crippen molar-refractivity contribution in [1.29, 1.82) is 0 Å². The molecule has 1 aromatic heterocycles. The van der Waals surface area contributed by atoms with Crippen LogP contribution in [0.15, 0.2) is 33.9 Å². The fourth-order valence-electron chi connectivity index (χ4n) is 2.02. The van der Waals surface area contributed by atoms with Crippen LogP contribution in [0, 0.1) is 13.8 Å². The van der Waals surface area contributed by atoms with Crippen LogP contribution in [0.25, 0.3) is 0 Å². The van der Waals surface area contributed by atoms with E-state index in [1.54, 1.807) is 23.5 Å². The van der Waals surface area contributed by atoms with Gasteiger partial charge in [-0.2, -0.15) is 11.3 Å². The molecule has 1 aromatic carbocycles. The highest BCUT2D eigenvalue weighted by atomic mass is 32.2. The predicted octanol–water partition coefficient (Wildman–Crippen LogP) is 2.56. The highest BCUT2D eigenvalue weighted by molar-refractivity contribution is 7.89. The first-order chi connectivity index (χ1) is 9.94. The lowest BCUT2D eigenvalue weighted by atomic mass is 10.1. The normalized spacial score (nSPS) is 11.8. The molecule has 2 aromatic rings. The van der Waals surface area contributed by atoms with Gasteiger partial charge in [0, 0.05) is 13.1 Å². The number of sulfonamides is 1. The first kappa shape index (κ1) is 16.2. The summed E-state index contributed by atoms with van der Waals surface area (Å²) in [6.07, 6.45) is 0. The largest absolute Gasteiger partial charge is 0.316 e. The molecule has 0 saturated heterocycles. The minimum Gasteiger partial charge on any atom is -0.316 e. The molecule has 0 radical (unpaired) electrons. The standard InChI is InChI=1S/C15H20N2O2S2/c1-11-4-5-15(6-13(11)7-16-3)21(18,19)17-8-14-10-20-9-12(14)2/h4-6,9-10,16-17H,7-8H2,1-3H3. The minimum atomic E-state index is -3.48. The number of benzene rings is 1. The molecule has 0 amide bonds. The number of hydrogen-bond donors (Lipinski definition) is 2. The van der Waals surface area contributed by atoms with Gasteiger partial charge in [0.2, 0.25) is 10.0 Å². The van der Waals surface area contributed by atoms with Gasteiger partial charge in [-0.25, -0.2) is 13.1 Å². The maximum absolute atomic E-state index is 12.4. The second-order valence-corrected chi connectivity index (χ2v) is 7.53. The summed E-state index contributed by atoms with van der Waals surface area (Å²) in [5.41, 5.74) is 4.21. The molecule has 21 heavy (non-hydrogen) atoms. The summed E-state index contributed by atoms with van der Waals surface area (Å²) in [6.45, 7) is 4.94. The Labute approximate surface area is 130 Å². The molecule has 0 aliphatic rings. The minimum absolute atomic E-state index is 0.311. The molecule has 0 unspecified atom stereocenters. The smallest absolute Gasteiger partial charge is 0.240 e. The Morgan fingerprint density at radius 1 is 1.05 bits per heavy atom.